The highest BCUT2D eigenvalue weighted by atomic mass is 19.1. The van der Waals surface area contributed by atoms with Crippen molar-refractivity contribution < 1.29 is 14.6 Å². The minimum Gasteiger partial charge on any atom is -0.508 e. The van der Waals surface area contributed by atoms with Crippen LogP contribution in [0.2, 0.25) is 0 Å². The fourth-order valence-electron chi connectivity index (χ4n) is 4.50. The highest BCUT2D eigenvalue weighted by Gasteiger charge is 2.51. The monoisotopic (exact) mass is 293 g/mol. The maximum absolute atomic E-state index is 13.7. The third kappa shape index (κ3) is 2.67. The first-order valence-electron chi connectivity index (χ1n) is 7.75. The largest absolute Gasteiger partial charge is 0.508 e. The predicted molar refractivity (Wildman–Crippen MR) is 79.5 cm³/mol. The standard InChI is InChI=1S/C17H24FNO2/c1-19(2)10-16-12-4-3-11(5-12)9-17(16,21)13-6-14(18)8-15(20)7-13/h6-8,11-12,16,20-21H,3-5,9-10H2,1-2H3/t11-,12+,16-,17-/m0/s1. The van der Waals surface area contributed by atoms with E-state index in [9.17, 15) is 14.6 Å². The maximum atomic E-state index is 13.7. The van der Waals surface area contributed by atoms with E-state index in [2.05, 4.69) is 4.90 Å². The highest BCUT2D eigenvalue weighted by Crippen LogP contribution is 2.54. The molecular weight excluding hydrogens is 269 g/mol. The Balaban J connectivity index is 2.02. The first-order valence-corrected chi connectivity index (χ1v) is 7.75. The molecule has 4 heteroatoms. The molecule has 2 saturated carbocycles. The zero-order valence-corrected chi connectivity index (χ0v) is 12.7. The Morgan fingerprint density at radius 3 is 2.71 bits per heavy atom. The zero-order chi connectivity index (χ0) is 15.2. The number of aliphatic hydroxyl groups is 1. The summed E-state index contributed by atoms with van der Waals surface area (Å²) in [4.78, 5) is 2.09. The van der Waals surface area contributed by atoms with Gasteiger partial charge < -0.3 is 15.1 Å². The molecule has 0 radical (unpaired) electrons. The molecule has 0 aliphatic heterocycles. The van der Waals surface area contributed by atoms with Crippen LogP contribution >= 0.6 is 0 Å². The molecular formula is C17H24FNO2. The topological polar surface area (TPSA) is 43.7 Å². The van der Waals surface area contributed by atoms with Crippen LogP contribution in [0, 0.1) is 23.6 Å². The van der Waals surface area contributed by atoms with Crippen LogP contribution in [-0.2, 0) is 5.60 Å². The van der Waals surface area contributed by atoms with Crippen molar-refractivity contribution in [3.8, 4) is 5.75 Å². The lowest BCUT2D eigenvalue weighted by Gasteiger charge is -2.45. The van der Waals surface area contributed by atoms with E-state index in [4.69, 9.17) is 0 Å². The second-order valence-corrected chi connectivity index (χ2v) is 7.13. The van der Waals surface area contributed by atoms with Crippen molar-refractivity contribution in [1.29, 1.82) is 0 Å². The number of phenolic OH excluding ortho intramolecular Hbond substituents is 1. The lowest BCUT2D eigenvalue weighted by Crippen LogP contribution is -2.47. The molecule has 0 spiro atoms. The van der Waals surface area contributed by atoms with Crippen LogP contribution in [0.4, 0.5) is 4.39 Å². The number of hydrogen-bond acceptors (Lipinski definition) is 3. The maximum Gasteiger partial charge on any atom is 0.127 e. The fourth-order valence-corrected chi connectivity index (χ4v) is 4.50. The molecule has 2 fully saturated rings. The Kier molecular flexibility index (Phi) is 3.70. The number of phenols is 1. The molecule has 0 unspecified atom stereocenters. The normalized spacial score (nSPS) is 35.4. The molecule has 4 atom stereocenters. The average Bonchev–Trinajstić information content (AvgIpc) is 2.77. The summed E-state index contributed by atoms with van der Waals surface area (Å²) >= 11 is 0. The summed E-state index contributed by atoms with van der Waals surface area (Å²) < 4.78 is 13.7. The second kappa shape index (κ2) is 5.25. The SMILES string of the molecule is CN(C)C[C@H]1[C@@H]2CC[C@@H](C2)C[C@]1(O)c1cc(O)cc(F)c1. The van der Waals surface area contributed by atoms with E-state index < -0.39 is 11.4 Å². The Hall–Kier alpha value is -1.13. The number of nitrogens with zero attached hydrogens (tertiary/aromatic N) is 1. The van der Waals surface area contributed by atoms with Crippen LogP contribution in [0.1, 0.15) is 31.2 Å². The highest BCUT2D eigenvalue weighted by molar-refractivity contribution is 5.34. The molecule has 2 bridgehead atoms. The Bertz CT molecular complexity index is 513. The number of hydrogen-bond donors (Lipinski definition) is 2. The van der Waals surface area contributed by atoms with Gasteiger partial charge in [-0.1, -0.05) is 6.42 Å². The molecule has 2 N–H and O–H groups in total. The van der Waals surface area contributed by atoms with E-state index in [1.165, 1.54) is 18.6 Å². The molecule has 0 saturated heterocycles. The minimum absolute atomic E-state index is 0.0902. The van der Waals surface area contributed by atoms with Crippen molar-refractivity contribution in [2.45, 2.75) is 31.3 Å². The molecule has 0 heterocycles. The van der Waals surface area contributed by atoms with E-state index in [0.29, 0.717) is 23.8 Å². The third-order valence-electron chi connectivity index (χ3n) is 5.31. The lowest BCUT2D eigenvalue weighted by atomic mass is 9.66. The molecule has 1 aromatic carbocycles. The zero-order valence-electron chi connectivity index (χ0n) is 12.7. The molecule has 116 valence electrons. The number of aromatic hydroxyl groups is 1. The van der Waals surface area contributed by atoms with Crippen LogP contribution in [0.3, 0.4) is 0 Å². The molecule has 3 rings (SSSR count). The first kappa shape index (κ1) is 14.8. The number of halogens is 1. The van der Waals surface area contributed by atoms with Gasteiger partial charge in [0.15, 0.2) is 0 Å². The van der Waals surface area contributed by atoms with Crippen molar-refractivity contribution in [1.82, 2.24) is 4.90 Å². The van der Waals surface area contributed by atoms with Gasteiger partial charge in [0.25, 0.3) is 0 Å². The molecule has 1 aromatic rings. The summed E-state index contributed by atoms with van der Waals surface area (Å²) in [6.07, 6.45) is 4.14. The van der Waals surface area contributed by atoms with Crippen LogP contribution < -0.4 is 0 Å². The van der Waals surface area contributed by atoms with Crippen molar-refractivity contribution in [2.75, 3.05) is 20.6 Å². The van der Waals surface area contributed by atoms with Gasteiger partial charge in [0, 0.05) is 18.5 Å². The van der Waals surface area contributed by atoms with Crippen molar-refractivity contribution in [2.24, 2.45) is 17.8 Å². The molecule has 2 aliphatic carbocycles. The van der Waals surface area contributed by atoms with Gasteiger partial charge in [-0.2, -0.15) is 0 Å². The van der Waals surface area contributed by atoms with E-state index in [0.717, 1.165) is 25.5 Å². The average molecular weight is 293 g/mol. The number of rotatable bonds is 3. The van der Waals surface area contributed by atoms with Gasteiger partial charge in [-0.25, -0.2) is 4.39 Å². The van der Waals surface area contributed by atoms with Gasteiger partial charge in [0.2, 0.25) is 0 Å². The summed E-state index contributed by atoms with van der Waals surface area (Å²) in [7, 11) is 4.01. The van der Waals surface area contributed by atoms with E-state index >= 15 is 0 Å². The summed E-state index contributed by atoms with van der Waals surface area (Å²) in [6, 6.07) is 3.99. The van der Waals surface area contributed by atoms with Crippen molar-refractivity contribution >= 4 is 0 Å². The summed E-state index contributed by atoms with van der Waals surface area (Å²) in [5, 5.41) is 21.1. The molecule has 0 amide bonds. The first-order chi connectivity index (χ1) is 9.88. The smallest absolute Gasteiger partial charge is 0.127 e. The van der Waals surface area contributed by atoms with Crippen LogP contribution in [-0.4, -0.2) is 35.8 Å². The van der Waals surface area contributed by atoms with Crippen LogP contribution in [0.15, 0.2) is 18.2 Å². The van der Waals surface area contributed by atoms with Gasteiger partial charge in [0.05, 0.1) is 5.60 Å². The van der Waals surface area contributed by atoms with Gasteiger partial charge in [-0.3, -0.25) is 0 Å². The second-order valence-electron chi connectivity index (χ2n) is 7.13. The molecule has 21 heavy (non-hydrogen) atoms. The number of fused-ring (bicyclic) bond motifs is 2. The van der Waals surface area contributed by atoms with E-state index in [1.807, 2.05) is 14.1 Å². The molecule has 3 nitrogen and oxygen atoms in total. The summed E-state index contributed by atoms with van der Waals surface area (Å²) in [5.74, 6) is 0.498. The Morgan fingerprint density at radius 1 is 1.29 bits per heavy atom. The van der Waals surface area contributed by atoms with Crippen LogP contribution in [0.5, 0.6) is 5.75 Å². The quantitative estimate of drug-likeness (QED) is 0.900. The summed E-state index contributed by atoms with van der Waals surface area (Å²) in [5.41, 5.74) is -0.503. The van der Waals surface area contributed by atoms with Crippen molar-refractivity contribution in [3.63, 3.8) is 0 Å². The van der Waals surface area contributed by atoms with Gasteiger partial charge in [-0.15, -0.1) is 0 Å². The fraction of sp³-hybridized carbons (Fsp3) is 0.647. The lowest BCUT2D eigenvalue weighted by molar-refractivity contribution is -0.0893. The molecule has 0 aromatic heterocycles. The van der Waals surface area contributed by atoms with Crippen LogP contribution in [0.25, 0.3) is 0 Å². The number of benzene rings is 1. The Morgan fingerprint density at radius 2 is 2.05 bits per heavy atom. The molecule has 2 aliphatic rings. The van der Waals surface area contributed by atoms with Gasteiger partial charge in [0.1, 0.15) is 11.6 Å². The predicted octanol–water partition coefficient (Wildman–Crippen LogP) is 2.72. The van der Waals surface area contributed by atoms with Gasteiger partial charge in [-0.05, 0) is 62.9 Å². The van der Waals surface area contributed by atoms with Crippen molar-refractivity contribution in [3.05, 3.63) is 29.6 Å². The minimum atomic E-state index is -1.03. The third-order valence-corrected chi connectivity index (χ3v) is 5.31. The summed E-state index contributed by atoms with van der Waals surface area (Å²) in [6.45, 7) is 0.783. The van der Waals surface area contributed by atoms with Gasteiger partial charge >= 0.3 is 0 Å². The Labute approximate surface area is 125 Å². The van der Waals surface area contributed by atoms with E-state index in [1.54, 1.807) is 0 Å². The van der Waals surface area contributed by atoms with E-state index in [-0.39, 0.29) is 11.7 Å².